The van der Waals surface area contributed by atoms with Crippen molar-refractivity contribution in [1.29, 1.82) is 0 Å². The van der Waals surface area contributed by atoms with Gasteiger partial charge in [0.15, 0.2) is 0 Å². The molecule has 2 aliphatic heterocycles. The minimum Gasteiger partial charge on any atom is -0.371 e. The number of nitrogens with one attached hydrogen (secondary N) is 1. The maximum absolute atomic E-state index is 11.3. The van der Waals surface area contributed by atoms with Gasteiger partial charge in [-0.05, 0) is 52.6 Å². The molecule has 3 N–H and O–H groups in total. The molecule has 0 radical (unpaired) electrons. The van der Waals surface area contributed by atoms with E-state index in [1.54, 1.807) is 0 Å². The summed E-state index contributed by atoms with van der Waals surface area (Å²) in [4.78, 5) is 13.5. The van der Waals surface area contributed by atoms with Crippen molar-refractivity contribution in [3.8, 4) is 0 Å². The van der Waals surface area contributed by atoms with E-state index in [4.69, 9.17) is 10.5 Å². The first kappa shape index (κ1) is 14.8. The number of nitrogens with two attached hydrogens (primary N) is 1. The fraction of sp³-hybridized carbons (Fsp3) is 0.929. The van der Waals surface area contributed by atoms with E-state index in [1.807, 2.05) is 0 Å². The molecular weight excluding hydrogens is 242 g/mol. The Morgan fingerprint density at radius 3 is 2.58 bits per heavy atom. The van der Waals surface area contributed by atoms with Gasteiger partial charge in [-0.15, -0.1) is 0 Å². The van der Waals surface area contributed by atoms with Crippen molar-refractivity contribution in [3.05, 3.63) is 0 Å². The molecule has 2 aliphatic rings. The van der Waals surface area contributed by atoms with Crippen molar-refractivity contribution in [3.63, 3.8) is 0 Å². The van der Waals surface area contributed by atoms with Gasteiger partial charge in [0.1, 0.15) is 0 Å². The molecule has 2 fully saturated rings. The summed E-state index contributed by atoms with van der Waals surface area (Å²) in [6.45, 7) is 7.50. The lowest BCUT2D eigenvalue weighted by Crippen LogP contribution is -2.49. The Hall–Kier alpha value is -0.650. The zero-order valence-electron chi connectivity index (χ0n) is 12.2. The largest absolute Gasteiger partial charge is 0.371 e. The summed E-state index contributed by atoms with van der Waals surface area (Å²) in [7, 11) is 0. The standard InChI is InChI=1S/C14H27N3O2/c1-14(2)6-3-12(19-14)9-17(10-13(15)18)11-4-7-16-8-5-11/h11-12,16H,3-10H2,1-2H3,(H2,15,18). The second-order valence-corrected chi connectivity index (χ2v) is 6.42. The highest BCUT2D eigenvalue weighted by Crippen LogP contribution is 2.30. The summed E-state index contributed by atoms with van der Waals surface area (Å²) in [5, 5.41) is 3.36. The average Bonchev–Trinajstić information content (AvgIpc) is 2.68. The van der Waals surface area contributed by atoms with Crippen molar-refractivity contribution in [1.82, 2.24) is 10.2 Å². The highest BCUT2D eigenvalue weighted by Gasteiger charge is 2.34. The van der Waals surface area contributed by atoms with E-state index in [0.717, 1.165) is 45.3 Å². The third-order valence-corrected chi connectivity index (χ3v) is 4.18. The van der Waals surface area contributed by atoms with Crippen LogP contribution in [0, 0.1) is 0 Å². The van der Waals surface area contributed by atoms with Crippen LogP contribution >= 0.6 is 0 Å². The first-order valence-corrected chi connectivity index (χ1v) is 7.37. The molecule has 0 aromatic carbocycles. The highest BCUT2D eigenvalue weighted by atomic mass is 16.5. The molecule has 2 saturated heterocycles. The first-order valence-electron chi connectivity index (χ1n) is 7.37. The fourth-order valence-corrected chi connectivity index (χ4v) is 3.18. The molecule has 1 amide bonds. The van der Waals surface area contributed by atoms with Gasteiger partial charge in [-0.25, -0.2) is 0 Å². The van der Waals surface area contributed by atoms with E-state index in [-0.39, 0.29) is 17.6 Å². The quantitative estimate of drug-likeness (QED) is 0.762. The van der Waals surface area contributed by atoms with Crippen molar-refractivity contribution in [2.24, 2.45) is 5.73 Å². The Kier molecular flexibility index (Phi) is 4.81. The zero-order chi connectivity index (χ0) is 13.9. The zero-order valence-corrected chi connectivity index (χ0v) is 12.2. The summed E-state index contributed by atoms with van der Waals surface area (Å²) in [5.74, 6) is -0.240. The van der Waals surface area contributed by atoms with Crippen molar-refractivity contribution >= 4 is 5.91 Å². The minimum absolute atomic E-state index is 0.0167. The summed E-state index contributed by atoms with van der Waals surface area (Å²) in [6, 6.07) is 0.459. The highest BCUT2D eigenvalue weighted by molar-refractivity contribution is 5.75. The van der Waals surface area contributed by atoms with Crippen LogP contribution in [0.25, 0.3) is 0 Å². The number of ether oxygens (including phenoxy) is 1. The van der Waals surface area contributed by atoms with E-state index in [1.165, 1.54) is 0 Å². The van der Waals surface area contributed by atoms with Crippen LogP contribution in [0.5, 0.6) is 0 Å². The number of hydrogen-bond donors (Lipinski definition) is 2. The molecule has 110 valence electrons. The predicted octanol–water partition coefficient (Wildman–Crippen LogP) is 0.483. The Morgan fingerprint density at radius 1 is 1.37 bits per heavy atom. The molecule has 0 bridgehead atoms. The van der Waals surface area contributed by atoms with Crippen LogP contribution in [0.2, 0.25) is 0 Å². The molecule has 2 rings (SSSR count). The number of nitrogens with zero attached hydrogens (tertiary/aromatic N) is 1. The van der Waals surface area contributed by atoms with Crippen LogP contribution in [-0.2, 0) is 9.53 Å². The summed E-state index contributed by atoms with van der Waals surface area (Å²) < 4.78 is 6.04. The summed E-state index contributed by atoms with van der Waals surface area (Å²) in [5.41, 5.74) is 5.37. The van der Waals surface area contributed by atoms with Gasteiger partial charge in [0, 0.05) is 12.6 Å². The summed E-state index contributed by atoms with van der Waals surface area (Å²) in [6.07, 6.45) is 4.58. The maximum atomic E-state index is 11.3. The lowest BCUT2D eigenvalue weighted by Gasteiger charge is -2.35. The van der Waals surface area contributed by atoms with Gasteiger partial charge in [0.2, 0.25) is 5.91 Å². The van der Waals surface area contributed by atoms with Gasteiger partial charge < -0.3 is 15.8 Å². The lowest BCUT2D eigenvalue weighted by atomic mass is 10.0. The van der Waals surface area contributed by atoms with E-state index in [0.29, 0.717) is 12.6 Å². The van der Waals surface area contributed by atoms with Crippen LogP contribution in [-0.4, -0.2) is 54.7 Å². The number of hydrogen-bond acceptors (Lipinski definition) is 4. The van der Waals surface area contributed by atoms with E-state index < -0.39 is 0 Å². The molecule has 5 heteroatoms. The molecule has 0 saturated carbocycles. The van der Waals surface area contributed by atoms with Crippen molar-refractivity contribution in [2.45, 2.75) is 57.3 Å². The monoisotopic (exact) mass is 269 g/mol. The molecular formula is C14H27N3O2. The first-order chi connectivity index (χ1) is 8.96. The summed E-state index contributed by atoms with van der Waals surface area (Å²) >= 11 is 0. The predicted molar refractivity (Wildman–Crippen MR) is 74.8 cm³/mol. The van der Waals surface area contributed by atoms with Crippen molar-refractivity contribution in [2.75, 3.05) is 26.2 Å². The lowest BCUT2D eigenvalue weighted by molar-refractivity contribution is -0.120. The minimum atomic E-state index is -0.240. The average molecular weight is 269 g/mol. The second-order valence-electron chi connectivity index (χ2n) is 6.42. The number of carbonyl (C=O) groups is 1. The third-order valence-electron chi connectivity index (χ3n) is 4.18. The van der Waals surface area contributed by atoms with Gasteiger partial charge in [0.25, 0.3) is 0 Å². The Bertz CT molecular complexity index is 314. The van der Waals surface area contributed by atoms with Crippen LogP contribution in [0.1, 0.15) is 39.5 Å². The van der Waals surface area contributed by atoms with E-state index >= 15 is 0 Å². The molecule has 0 spiro atoms. The molecule has 0 aromatic heterocycles. The number of piperidine rings is 1. The molecule has 0 aromatic rings. The Morgan fingerprint density at radius 2 is 2.05 bits per heavy atom. The van der Waals surface area contributed by atoms with Gasteiger partial charge >= 0.3 is 0 Å². The second kappa shape index (κ2) is 6.20. The molecule has 1 atom stereocenters. The fourth-order valence-electron chi connectivity index (χ4n) is 3.18. The van der Waals surface area contributed by atoms with Gasteiger partial charge in [-0.3, -0.25) is 9.69 Å². The molecule has 0 aliphatic carbocycles. The SMILES string of the molecule is CC1(C)CCC(CN(CC(N)=O)C2CCNCC2)O1. The molecule has 1 unspecified atom stereocenters. The number of amides is 1. The Balaban J connectivity index is 1.91. The Labute approximate surface area is 115 Å². The van der Waals surface area contributed by atoms with Crippen LogP contribution < -0.4 is 11.1 Å². The van der Waals surface area contributed by atoms with Crippen LogP contribution in [0.15, 0.2) is 0 Å². The molecule has 2 heterocycles. The normalized spacial score (nSPS) is 27.8. The van der Waals surface area contributed by atoms with E-state index in [2.05, 4.69) is 24.1 Å². The number of rotatable bonds is 5. The number of carbonyl (C=O) groups excluding carboxylic acids is 1. The smallest absolute Gasteiger partial charge is 0.231 e. The van der Waals surface area contributed by atoms with Gasteiger partial charge in [0.05, 0.1) is 18.2 Å². The van der Waals surface area contributed by atoms with Crippen LogP contribution in [0.4, 0.5) is 0 Å². The molecule has 5 nitrogen and oxygen atoms in total. The maximum Gasteiger partial charge on any atom is 0.231 e. The van der Waals surface area contributed by atoms with Gasteiger partial charge in [-0.1, -0.05) is 0 Å². The van der Waals surface area contributed by atoms with Crippen molar-refractivity contribution < 1.29 is 9.53 Å². The van der Waals surface area contributed by atoms with Gasteiger partial charge in [-0.2, -0.15) is 0 Å². The molecule has 19 heavy (non-hydrogen) atoms. The van der Waals surface area contributed by atoms with Crippen LogP contribution in [0.3, 0.4) is 0 Å². The third kappa shape index (κ3) is 4.44. The van der Waals surface area contributed by atoms with E-state index in [9.17, 15) is 4.79 Å². The number of primary amides is 1. The topological polar surface area (TPSA) is 67.6 Å².